The van der Waals surface area contributed by atoms with E-state index in [1.165, 1.54) is 11.3 Å². The summed E-state index contributed by atoms with van der Waals surface area (Å²) in [6, 6.07) is 7.02. The molecule has 0 radical (unpaired) electrons. The van der Waals surface area contributed by atoms with Crippen molar-refractivity contribution in [2.24, 2.45) is 5.14 Å². The third kappa shape index (κ3) is 4.09. The number of carbonyl (C=O) groups excluding carboxylic acids is 1. The summed E-state index contributed by atoms with van der Waals surface area (Å²) in [4.78, 5) is 30.0. The van der Waals surface area contributed by atoms with Crippen molar-refractivity contribution in [3.05, 3.63) is 46.7 Å². The van der Waals surface area contributed by atoms with Gasteiger partial charge >= 0.3 is 0 Å². The number of anilines is 2. The Labute approximate surface area is 185 Å². The Balaban J connectivity index is 1.43. The summed E-state index contributed by atoms with van der Waals surface area (Å²) in [6.07, 6.45) is 3.37. The first-order valence-corrected chi connectivity index (χ1v) is 12.0. The van der Waals surface area contributed by atoms with Crippen molar-refractivity contribution in [3.63, 3.8) is 0 Å². The monoisotopic (exact) mass is 455 g/mol. The first kappa shape index (κ1) is 20.2. The van der Waals surface area contributed by atoms with Gasteiger partial charge in [-0.2, -0.15) is 0 Å². The zero-order valence-corrected chi connectivity index (χ0v) is 18.3. The fourth-order valence-corrected chi connectivity index (χ4v) is 5.29. The maximum Gasteiger partial charge on any atom is 0.282 e. The average Bonchev–Trinajstić information content (AvgIpc) is 3.24. The molecule has 1 aliphatic heterocycles. The Morgan fingerprint density at radius 2 is 2.06 bits per heavy atom. The van der Waals surface area contributed by atoms with Crippen molar-refractivity contribution in [2.45, 2.75) is 17.7 Å². The zero-order chi connectivity index (χ0) is 21.4. The first-order chi connectivity index (χ1) is 15.1. The molecule has 1 unspecified atom stereocenters. The number of nitrogens with two attached hydrogens (primary N) is 1. The number of piperazine rings is 1. The highest BCUT2D eigenvalue weighted by atomic mass is 32.2. The number of fused-ring (bicyclic) bond motifs is 3. The lowest BCUT2D eigenvalue weighted by Crippen LogP contribution is -2.46. The van der Waals surface area contributed by atoms with E-state index in [-0.39, 0.29) is 5.91 Å². The molecule has 0 spiro atoms. The van der Waals surface area contributed by atoms with Crippen LogP contribution in [-0.4, -0.2) is 56.1 Å². The van der Waals surface area contributed by atoms with Crippen molar-refractivity contribution in [1.82, 2.24) is 25.2 Å². The fourth-order valence-electron chi connectivity index (χ4n) is 3.73. The van der Waals surface area contributed by atoms with Gasteiger partial charge in [0.1, 0.15) is 11.0 Å². The topological polar surface area (TPSA) is 126 Å². The largest absolute Gasteiger partial charge is 0.334 e. The van der Waals surface area contributed by atoms with Gasteiger partial charge in [0.05, 0.1) is 21.2 Å². The van der Waals surface area contributed by atoms with Gasteiger partial charge in [-0.05, 0) is 36.6 Å². The molecule has 4 N–H and O–H groups in total. The third-order valence-electron chi connectivity index (χ3n) is 5.32. The molecule has 1 atom stereocenters. The van der Waals surface area contributed by atoms with E-state index in [0.717, 1.165) is 47.8 Å². The number of thiazole rings is 1. The number of amides is 1. The number of nitrogens with one attached hydrogen (secondary N) is 2. The summed E-state index contributed by atoms with van der Waals surface area (Å²) in [6.45, 7) is 3.01. The molecule has 9 nitrogen and oxygen atoms in total. The molecule has 1 aliphatic carbocycles. The fraction of sp³-hybridized carbons (Fsp3) is 0.300. The highest BCUT2D eigenvalue weighted by molar-refractivity contribution is 7.82. The molecule has 160 valence electrons. The maximum atomic E-state index is 12.9. The van der Waals surface area contributed by atoms with Crippen LogP contribution >= 0.6 is 11.3 Å². The molecule has 1 amide bonds. The minimum absolute atomic E-state index is 0.0125. The van der Waals surface area contributed by atoms with Gasteiger partial charge in [-0.15, -0.1) is 11.3 Å². The second kappa shape index (κ2) is 8.42. The van der Waals surface area contributed by atoms with E-state index in [4.69, 9.17) is 10.1 Å². The van der Waals surface area contributed by atoms with Crippen LogP contribution in [0.2, 0.25) is 0 Å². The normalized spacial score (nSPS) is 16.4. The number of hydrogen-bond donors (Lipinski definition) is 3. The number of carbonyl (C=O) groups is 1. The van der Waals surface area contributed by atoms with Crippen LogP contribution in [0.15, 0.2) is 35.4 Å². The van der Waals surface area contributed by atoms with Gasteiger partial charge in [0, 0.05) is 38.1 Å². The van der Waals surface area contributed by atoms with Gasteiger partial charge in [0.25, 0.3) is 5.91 Å². The lowest BCUT2D eigenvalue weighted by atomic mass is 10.00. The van der Waals surface area contributed by atoms with Crippen molar-refractivity contribution in [3.8, 4) is 10.6 Å². The van der Waals surface area contributed by atoms with E-state index >= 15 is 0 Å². The maximum absolute atomic E-state index is 12.9. The summed E-state index contributed by atoms with van der Waals surface area (Å²) < 4.78 is 11.5. The second-order valence-electron chi connectivity index (χ2n) is 7.35. The van der Waals surface area contributed by atoms with Crippen LogP contribution in [0.5, 0.6) is 0 Å². The number of rotatable bonds is 4. The zero-order valence-electron chi connectivity index (χ0n) is 16.6. The minimum Gasteiger partial charge on any atom is -0.334 e. The van der Waals surface area contributed by atoms with Crippen LogP contribution < -0.4 is 15.8 Å². The molecule has 3 heterocycles. The molecular weight excluding hydrogens is 434 g/mol. The van der Waals surface area contributed by atoms with Crippen LogP contribution in [0.1, 0.15) is 21.1 Å². The smallest absolute Gasteiger partial charge is 0.282 e. The number of nitrogens with zero attached hydrogens (tertiary/aromatic N) is 4. The highest BCUT2D eigenvalue weighted by Gasteiger charge is 2.27. The number of benzene rings is 1. The quantitative estimate of drug-likeness (QED) is 0.544. The van der Waals surface area contributed by atoms with Crippen LogP contribution in [0, 0.1) is 0 Å². The summed E-state index contributed by atoms with van der Waals surface area (Å²) in [5.41, 5.74) is 3.47. The minimum atomic E-state index is -1.56. The lowest BCUT2D eigenvalue weighted by molar-refractivity contribution is 0.0735. The number of aromatic nitrogens is 3. The summed E-state index contributed by atoms with van der Waals surface area (Å²) in [5, 5.41) is 12.4. The summed E-state index contributed by atoms with van der Waals surface area (Å²) >= 11 is 1.40. The van der Waals surface area contributed by atoms with Gasteiger partial charge in [-0.3, -0.25) is 4.79 Å². The van der Waals surface area contributed by atoms with E-state index in [1.54, 1.807) is 18.2 Å². The van der Waals surface area contributed by atoms with Gasteiger partial charge in [-0.25, -0.2) is 24.3 Å². The summed E-state index contributed by atoms with van der Waals surface area (Å²) in [5.74, 6) is 0.413. The average molecular weight is 456 g/mol. The molecule has 0 saturated carbocycles. The Morgan fingerprint density at radius 1 is 1.23 bits per heavy atom. The molecule has 5 rings (SSSR count). The van der Waals surface area contributed by atoms with Gasteiger partial charge in [0.2, 0.25) is 5.95 Å². The van der Waals surface area contributed by atoms with Crippen LogP contribution in [0.25, 0.3) is 10.6 Å². The van der Waals surface area contributed by atoms with E-state index in [0.29, 0.717) is 34.6 Å². The Kier molecular flexibility index (Phi) is 5.48. The Bertz CT molecular complexity index is 1170. The lowest BCUT2D eigenvalue weighted by Gasteiger charge is -2.26. The number of hydrogen-bond acceptors (Lipinski definition) is 8. The van der Waals surface area contributed by atoms with E-state index in [9.17, 15) is 9.00 Å². The van der Waals surface area contributed by atoms with E-state index < -0.39 is 11.0 Å². The predicted molar refractivity (Wildman–Crippen MR) is 120 cm³/mol. The first-order valence-electron chi connectivity index (χ1n) is 9.98. The molecule has 1 aromatic carbocycles. The molecule has 2 aromatic heterocycles. The van der Waals surface area contributed by atoms with Crippen LogP contribution in [0.4, 0.5) is 11.6 Å². The van der Waals surface area contributed by atoms with Gasteiger partial charge in [0.15, 0.2) is 5.01 Å². The molecule has 31 heavy (non-hydrogen) atoms. The number of aryl methyl sites for hydroxylation is 2. The van der Waals surface area contributed by atoms with Crippen molar-refractivity contribution >= 4 is 39.9 Å². The van der Waals surface area contributed by atoms with Crippen molar-refractivity contribution in [1.29, 1.82) is 0 Å². The standard InChI is InChI=1S/C20H21N7O2S2/c21-31(29)14-3-1-2-13(10-14)24-20-23-11-12-4-5-15-17(16(12)26-20)30-18(25-15)19(28)27-8-6-22-7-9-27/h1-3,10-11,22H,4-9,21H2,(H,23,24,26). The Morgan fingerprint density at radius 3 is 2.87 bits per heavy atom. The molecule has 1 fully saturated rings. The van der Waals surface area contributed by atoms with Crippen LogP contribution in [0.3, 0.4) is 0 Å². The highest BCUT2D eigenvalue weighted by Crippen LogP contribution is 2.37. The predicted octanol–water partition coefficient (Wildman–Crippen LogP) is 1.47. The molecule has 2 aliphatic rings. The Hall–Kier alpha value is -2.73. The van der Waals surface area contributed by atoms with E-state index in [1.807, 2.05) is 17.2 Å². The van der Waals surface area contributed by atoms with Crippen molar-refractivity contribution in [2.75, 3.05) is 31.5 Å². The van der Waals surface area contributed by atoms with E-state index in [2.05, 4.69) is 20.6 Å². The van der Waals surface area contributed by atoms with Crippen LogP contribution in [-0.2, 0) is 23.8 Å². The SMILES string of the molecule is NS(=O)c1cccc(Nc2ncc3c(n2)-c2sc(C(=O)N4CCNCC4)nc2CC3)c1. The van der Waals surface area contributed by atoms with Gasteiger partial charge in [-0.1, -0.05) is 6.07 Å². The molecular formula is C20H21N7O2S2. The molecule has 1 saturated heterocycles. The third-order valence-corrected chi connectivity index (χ3v) is 7.13. The van der Waals surface area contributed by atoms with Gasteiger partial charge < -0.3 is 15.5 Å². The molecule has 3 aromatic rings. The summed E-state index contributed by atoms with van der Waals surface area (Å²) in [7, 11) is -1.56. The van der Waals surface area contributed by atoms with Crippen molar-refractivity contribution < 1.29 is 9.00 Å². The second-order valence-corrected chi connectivity index (χ2v) is 9.42. The molecule has 0 bridgehead atoms. The molecule has 11 heteroatoms.